The molecule has 0 spiro atoms. The second kappa shape index (κ2) is 4.40. The minimum Gasteiger partial charge on any atom is -0.475 e. The molecule has 2 bridgehead atoms. The predicted octanol–water partition coefficient (Wildman–Crippen LogP) is 1.70. The zero-order valence-electron chi connectivity index (χ0n) is 10.3. The number of nitrogens with one attached hydrogen (secondary N) is 1. The Bertz CT molecular complexity index is 468. The molecule has 1 aromatic heterocycles. The molecule has 5 heteroatoms. The van der Waals surface area contributed by atoms with Crippen molar-refractivity contribution in [1.82, 2.24) is 5.32 Å². The molecule has 18 heavy (non-hydrogen) atoms. The summed E-state index contributed by atoms with van der Waals surface area (Å²) in [5.74, 6) is -0.343. The van der Waals surface area contributed by atoms with Gasteiger partial charge in [0.05, 0.1) is 12.2 Å². The van der Waals surface area contributed by atoms with Crippen molar-refractivity contribution in [2.24, 2.45) is 0 Å². The van der Waals surface area contributed by atoms with E-state index in [4.69, 9.17) is 14.3 Å². The maximum absolute atomic E-state index is 10.8. The van der Waals surface area contributed by atoms with Gasteiger partial charge in [-0.05, 0) is 32.3 Å². The quantitative estimate of drug-likeness (QED) is 0.852. The van der Waals surface area contributed by atoms with E-state index in [-0.39, 0.29) is 5.76 Å². The molecule has 3 rings (SSSR count). The van der Waals surface area contributed by atoms with Gasteiger partial charge in [0.15, 0.2) is 0 Å². The molecule has 2 aliphatic heterocycles. The summed E-state index contributed by atoms with van der Waals surface area (Å²) in [6.07, 6.45) is 4.13. The first-order chi connectivity index (χ1) is 8.63. The lowest BCUT2D eigenvalue weighted by Crippen LogP contribution is -2.37. The van der Waals surface area contributed by atoms with Crippen molar-refractivity contribution < 1.29 is 19.1 Å². The normalized spacial score (nSPS) is 29.9. The fraction of sp³-hybridized carbons (Fsp3) is 0.615. The predicted molar refractivity (Wildman–Crippen MR) is 63.5 cm³/mol. The Morgan fingerprint density at radius 3 is 2.94 bits per heavy atom. The van der Waals surface area contributed by atoms with Crippen LogP contribution in [0.5, 0.6) is 0 Å². The minimum absolute atomic E-state index is 0.00786. The molecule has 0 saturated carbocycles. The summed E-state index contributed by atoms with van der Waals surface area (Å²) >= 11 is 0. The van der Waals surface area contributed by atoms with Gasteiger partial charge >= 0.3 is 5.97 Å². The van der Waals surface area contributed by atoms with Crippen LogP contribution in [0.1, 0.15) is 41.1 Å². The van der Waals surface area contributed by atoms with E-state index in [0.29, 0.717) is 30.6 Å². The number of ether oxygens (including phenoxy) is 1. The summed E-state index contributed by atoms with van der Waals surface area (Å²) < 4.78 is 10.9. The van der Waals surface area contributed by atoms with E-state index in [1.54, 1.807) is 13.0 Å². The zero-order valence-corrected chi connectivity index (χ0v) is 10.3. The monoisotopic (exact) mass is 251 g/mol. The standard InChI is InChI=1S/C13H17NO4/c1-7-8(4-12(17-7)13(15)16)6-14-10-5-9-2-3-11(10)18-9/h4,9-11,14H,2-3,5-6H2,1H3,(H,15,16). The van der Waals surface area contributed by atoms with Crippen molar-refractivity contribution in [2.75, 3.05) is 0 Å². The number of carboxylic acid groups (broad SMARTS) is 1. The molecular formula is C13H17NO4. The molecule has 0 aliphatic carbocycles. The Hall–Kier alpha value is -1.33. The second-order valence-corrected chi connectivity index (χ2v) is 5.09. The maximum Gasteiger partial charge on any atom is 0.371 e. The highest BCUT2D eigenvalue weighted by atomic mass is 16.5. The van der Waals surface area contributed by atoms with Crippen molar-refractivity contribution in [1.29, 1.82) is 0 Å². The summed E-state index contributed by atoms with van der Waals surface area (Å²) in [4.78, 5) is 10.8. The maximum atomic E-state index is 10.8. The van der Waals surface area contributed by atoms with E-state index >= 15 is 0 Å². The highest BCUT2D eigenvalue weighted by molar-refractivity contribution is 5.84. The molecule has 3 heterocycles. The number of hydrogen-bond acceptors (Lipinski definition) is 4. The van der Waals surface area contributed by atoms with Crippen LogP contribution < -0.4 is 5.32 Å². The molecule has 98 valence electrons. The van der Waals surface area contributed by atoms with Crippen molar-refractivity contribution in [3.8, 4) is 0 Å². The first-order valence-corrected chi connectivity index (χ1v) is 6.35. The molecule has 0 radical (unpaired) electrons. The fourth-order valence-corrected chi connectivity index (χ4v) is 2.89. The molecule has 2 fully saturated rings. The van der Waals surface area contributed by atoms with E-state index < -0.39 is 5.97 Å². The third-order valence-corrected chi connectivity index (χ3v) is 3.89. The molecule has 2 N–H and O–H groups in total. The lowest BCUT2D eigenvalue weighted by atomic mass is 9.95. The molecule has 2 aliphatic rings. The van der Waals surface area contributed by atoms with E-state index in [2.05, 4.69) is 5.32 Å². The Labute approximate surface area is 105 Å². The van der Waals surface area contributed by atoms with E-state index in [1.807, 2.05) is 0 Å². The van der Waals surface area contributed by atoms with Crippen molar-refractivity contribution in [3.05, 3.63) is 23.2 Å². The number of aryl methyl sites for hydroxylation is 1. The average Bonchev–Trinajstić information content (AvgIpc) is 3.01. The highest BCUT2D eigenvalue weighted by Gasteiger charge is 2.40. The van der Waals surface area contributed by atoms with Gasteiger partial charge in [-0.25, -0.2) is 4.79 Å². The van der Waals surface area contributed by atoms with Crippen LogP contribution in [0.4, 0.5) is 0 Å². The van der Waals surface area contributed by atoms with Gasteiger partial charge in [-0.15, -0.1) is 0 Å². The zero-order chi connectivity index (χ0) is 12.7. The van der Waals surface area contributed by atoms with Gasteiger partial charge in [0.2, 0.25) is 5.76 Å². The number of carbonyl (C=O) groups is 1. The highest BCUT2D eigenvalue weighted by Crippen LogP contribution is 2.34. The SMILES string of the molecule is Cc1oc(C(=O)O)cc1CNC1CC2CCC1O2. The number of fused-ring (bicyclic) bond motifs is 2. The molecule has 1 aromatic rings. The van der Waals surface area contributed by atoms with Crippen LogP contribution >= 0.6 is 0 Å². The lowest BCUT2D eigenvalue weighted by molar-refractivity contribution is 0.0661. The van der Waals surface area contributed by atoms with Gasteiger partial charge < -0.3 is 19.6 Å². The average molecular weight is 251 g/mol. The Balaban J connectivity index is 1.61. The smallest absolute Gasteiger partial charge is 0.371 e. The molecular weight excluding hydrogens is 234 g/mol. The number of aromatic carboxylic acids is 1. The third-order valence-electron chi connectivity index (χ3n) is 3.89. The topological polar surface area (TPSA) is 71.7 Å². The minimum atomic E-state index is -1.02. The Morgan fingerprint density at radius 2 is 2.39 bits per heavy atom. The Kier molecular flexibility index (Phi) is 2.87. The summed E-state index contributed by atoms with van der Waals surface area (Å²) in [6, 6.07) is 1.99. The van der Waals surface area contributed by atoms with Crippen molar-refractivity contribution >= 4 is 5.97 Å². The van der Waals surface area contributed by atoms with Crippen LogP contribution in [0.15, 0.2) is 10.5 Å². The number of rotatable bonds is 4. The first kappa shape index (κ1) is 11.7. The third kappa shape index (κ3) is 2.04. The molecule has 0 amide bonds. The van der Waals surface area contributed by atoms with Gasteiger partial charge in [-0.2, -0.15) is 0 Å². The van der Waals surface area contributed by atoms with Gasteiger partial charge in [0.25, 0.3) is 0 Å². The molecule has 0 aromatic carbocycles. The lowest BCUT2D eigenvalue weighted by Gasteiger charge is -2.19. The number of furan rings is 1. The van der Waals surface area contributed by atoms with Crippen LogP contribution in [0.25, 0.3) is 0 Å². The van der Waals surface area contributed by atoms with Crippen LogP contribution in [0, 0.1) is 6.92 Å². The van der Waals surface area contributed by atoms with Gasteiger partial charge in [-0.3, -0.25) is 0 Å². The Morgan fingerprint density at radius 1 is 1.56 bits per heavy atom. The molecule has 3 atom stereocenters. The molecule has 3 unspecified atom stereocenters. The van der Waals surface area contributed by atoms with E-state index in [0.717, 1.165) is 18.4 Å². The van der Waals surface area contributed by atoms with Crippen LogP contribution in [0.3, 0.4) is 0 Å². The summed E-state index contributed by atoms with van der Waals surface area (Å²) in [5.41, 5.74) is 0.912. The van der Waals surface area contributed by atoms with Crippen LogP contribution in [-0.4, -0.2) is 29.3 Å². The van der Waals surface area contributed by atoms with E-state index in [1.165, 1.54) is 6.42 Å². The number of carboxylic acids is 1. The summed E-state index contributed by atoms with van der Waals surface area (Å²) in [7, 11) is 0. The van der Waals surface area contributed by atoms with Crippen molar-refractivity contribution in [3.63, 3.8) is 0 Å². The van der Waals surface area contributed by atoms with E-state index in [9.17, 15) is 4.79 Å². The van der Waals surface area contributed by atoms with Crippen LogP contribution in [0.2, 0.25) is 0 Å². The van der Waals surface area contributed by atoms with Gasteiger partial charge in [0.1, 0.15) is 5.76 Å². The van der Waals surface area contributed by atoms with Crippen molar-refractivity contribution in [2.45, 2.75) is 51.0 Å². The molecule has 2 saturated heterocycles. The summed E-state index contributed by atoms with van der Waals surface area (Å²) in [6.45, 7) is 2.43. The molecule has 5 nitrogen and oxygen atoms in total. The largest absolute Gasteiger partial charge is 0.475 e. The fourth-order valence-electron chi connectivity index (χ4n) is 2.89. The summed E-state index contributed by atoms with van der Waals surface area (Å²) in [5, 5.41) is 12.3. The first-order valence-electron chi connectivity index (χ1n) is 6.35. The van der Waals surface area contributed by atoms with Gasteiger partial charge in [0, 0.05) is 18.2 Å². The van der Waals surface area contributed by atoms with Gasteiger partial charge in [-0.1, -0.05) is 0 Å². The second-order valence-electron chi connectivity index (χ2n) is 5.09. The number of hydrogen-bond donors (Lipinski definition) is 2. The van der Waals surface area contributed by atoms with Crippen LogP contribution in [-0.2, 0) is 11.3 Å².